The van der Waals surface area contributed by atoms with E-state index in [0.29, 0.717) is 16.9 Å². The maximum Gasteiger partial charge on any atom is 0.354 e. The largest absolute Gasteiger partial charge is 0.477 e. The number of carboxylic acid groups (broad SMARTS) is 1. The molecule has 4 nitrogen and oxygen atoms in total. The van der Waals surface area contributed by atoms with Crippen molar-refractivity contribution < 1.29 is 9.90 Å². The first-order valence-corrected chi connectivity index (χ1v) is 5.52. The fourth-order valence-corrected chi connectivity index (χ4v) is 2.26. The molecule has 0 saturated heterocycles. The predicted molar refractivity (Wildman–Crippen MR) is 60.1 cm³/mol. The highest BCUT2D eigenvalue weighted by atomic mass is 32.1. The average molecular weight is 240 g/mol. The van der Waals surface area contributed by atoms with E-state index in [4.69, 9.17) is 17.3 Å². The van der Waals surface area contributed by atoms with Crippen LogP contribution in [0.3, 0.4) is 0 Å². The van der Waals surface area contributed by atoms with Crippen molar-refractivity contribution in [2.75, 3.05) is 0 Å². The maximum absolute atomic E-state index is 10.9. The normalized spacial score (nSPS) is 10.4. The molecule has 0 bridgehead atoms. The molecule has 3 N–H and O–H groups in total. The summed E-state index contributed by atoms with van der Waals surface area (Å²) in [4.78, 5) is 17.4. The first-order valence-electron chi connectivity index (χ1n) is 4.23. The van der Waals surface area contributed by atoms with Crippen LogP contribution in [-0.4, -0.2) is 21.0 Å². The molecule has 2 heterocycles. The van der Waals surface area contributed by atoms with Crippen LogP contribution in [0.2, 0.25) is 0 Å². The van der Waals surface area contributed by atoms with E-state index in [1.165, 1.54) is 0 Å². The highest BCUT2D eigenvalue weighted by Gasteiger charge is 2.13. The number of hydrogen-bond donors (Lipinski definition) is 3. The first-order chi connectivity index (χ1) is 7.16. The van der Waals surface area contributed by atoms with Gasteiger partial charge in [0.15, 0.2) is 4.77 Å². The van der Waals surface area contributed by atoms with Gasteiger partial charge in [-0.05, 0) is 23.7 Å². The Bertz CT molecular complexity index is 525. The van der Waals surface area contributed by atoms with Crippen LogP contribution in [-0.2, 0) is 6.42 Å². The van der Waals surface area contributed by atoms with Crippen molar-refractivity contribution in [2.24, 2.45) is 0 Å². The molecular weight excluding hydrogens is 232 g/mol. The van der Waals surface area contributed by atoms with Gasteiger partial charge < -0.3 is 15.1 Å². The highest BCUT2D eigenvalue weighted by molar-refractivity contribution is 7.71. The molecule has 6 heteroatoms. The molecule has 2 aromatic heterocycles. The Labute approximate surface area is 94.6 Å². The third kappa shape index (κ3) is 2.16. The predicted octanol–water partition coefficient (Wildman–Crippen LogP) is 2.42. The number of thiophene rings is 1. The summed E-state index contributed by atoms with van der Waals surface area (Å²) in [6.45, 7) is 0. The summed E-state index contributed by atoms with van der Waals surface area (Å²) in [6.07, 6.45) is 0.562. The lowest BCUT2D eigenvalue weighted by molar-refractivity contribution is 0.0690. The van der Waals surface area contributed by atoms with E-state index >= 15 is 0 Å². The number of aromatic amines is 2. The molecule has 2 rings (SSSR count). The molecule has 2 aromatic rings. The minimum absolute atomic E-state index is 0.147. The third-order valence-electron chi connectivity index (χ3n) is 1.95. The number of hydrogen-bond acceptors (Lipinski definition) is 3. The van der Waals surface area contributed by atoms with Gasteiger partial charge in [0.1, 0.15) is 5.69 Å². The SMILES string of the molecule is O=C(O)c1[nH]c(=S)[nH]c1Cc1cccs1. The average Bonchev–Trinajstić information content (AvgIpc) is 2.75. The quantitative estimate of drug-likeness (QED) is 0.722. The molecule has 0 unspecified atom stereocenters. The van der Waals surface area contributed by atoms with E-state index < -0.39 is 5.97 Å². The van der Waals surface area contributed by atoms with E-state index in [0.717, 1.165) is 4.88 Å². The lowest BCUT2D eigenvalue weighted by Crippen LogP contribution is -2.01. The molecular formula is C9H8N2O2S2. The van der Waals surface area contributed by atoms with Gasteiger partial charge in [-0.3, -0.25) is 0 Å². The lowest BCUT2D eigenvalue weighted by atomic mass is 10.2. The van der Waals surface area contributed by atoms with Gasteiger partial charge in [-0.1, -0.05) is 6.07 Å². The number of carbonyl (C=O) groups is 1. The van der Waals surface area contributed by atoms with Crippen LogP contribution < -0.4 is 0 Å². The van der Waals surface area contributed by atoms with E-state index in [1.807, 2.05) is 17.5 Å². The summed E-state index contributed by atoms with van der Waals surface area (Å²) in [5, 5.41) is 10.9. The first kappa shape index (κ1) is 10.1. The van der Waals surface area contributed by atoms with Gasteiger partial charge in [0.2, 0.25) is 0 Å². The molecule has 15 heavy (non-hydrogen) atoms. The van der Waals surface area contributed by atoms with Crippen LogP contribution in [0.1, 0.15) is 21.1 Å². The monoisotopic (exact) mass is 240 g/mol. The topological polar surface area (TPSA) is 68.9 Å². The van der Waals surface area contributed by atoms with E-state index in [2.05, 4.69) is 9.97 Å². The number of imidazole rings is 1. The fraction of sp³-hybridized carbons (Fsp3) is 0.111. The van der Waals surface area contributed by atoms with Crippen molar-refractivity contribution in [3.8, 4) is 0 Å². The molecule has 0 spiro atoms. The van der Waals surface area contributed by atoms with Gasteiger partial charge in [-0.15, -0.1) is 11.3 Å². The number of rotatable bonds is 3. The standard InChI is InChI=1S/C9H8N2O2S2/c12-8(13)7-6(10-9(14)11-7)4-5-2-1-3-15-5/h1-3H,4H2,(H,12,13)(H2,10,11,14). The van der Waals surface area contributed by atoms with E-state index in [-0.39, 0.29) is 5.69 Å². The Morgan fingerprint density at radius 3 is 2.93 bits per heavy atom. The second kappa shape index (κ2) is 4.00. The van der Waals surface area contributed by atoms with Crippen molar-refractivity contribution in [2.45, 2.75) is 6.42 Å². The summed E-state index contributed by atoms with van der Waals surface area (Å²) in [5.74, 6) is -0.992. The number of H-pyrrole nitrogens is 2. The van der Waals surface area contributed by atoms with Gasteiger partial charge in [-0.25, -0.2) is 4.79 Å². The number of aromatic nitrogens is 2. The summed E-state index contributed by atoms with van der Waals surface area (Å²) in [5.41, 5.74) is 0.767. The zero-order valence-electron chi connectivity index (χ0n) is 7.61. The van der Waals surface area contributed by atoms with Crippen molar-refractivity contribution in [1.82, 2.24) is 9.97 Å². The maximum atomic E-state index is 10.9. The Morgan fingerprint density at radius 1 is 1.53 bits per heavy atom. The fourth-order valence-electron chi connectivity index (χ4n) is 1.32. The molecule has 0 radical (unpaired) electrons. The molecule has 78 valence electrons. The molecule has 0 aliphatic rings. The van der Waals surface area contributed by atoms with Gasteiger partial charge in [-0.2, -0.15) is 0 Å². The minimum atomic E-state index is -0.992. The third-order valence-corrected chi connectivity index (χ3v) is 3.03. The van der Waals surface area contributed by atoms with Crippen molar-refractivity contribution in [1.29, 1.82) is 0 Å². The zero-order chi connectivity index (χ0) is 10.8. The van der Waals surface area contributed by atoms with Gasteiger partial charge in [0, 0.05) is 11.3 Å². The molecule has 0 aliphatic heterocycles. The molecule has 0 saturated carbocycles. The summed E-state index contributed by atoms with van der Waals surface area (Å²) in [6, 6.07) is 3.89. The Hall–Kier alpha value is -1.40. The van der Waals surface area contributed by atoms with Crippen LogP contribution in [0.5, 0.6) is 0 Å². The molecule has 0 fully saturated rings. The Balaban J connectivity index is 2.36. The summed E-state index contributed by atoms with van der Waals surface area (Å²) in [7, 11) is 0. The van der Waals surface area contributed by atoms with Crippen molar-refractivity contribution in [3.05, 3.63) is 38.5 Å². The van der Waals surface area contributed by atoms with Crippen LogP contribution in [0, 0.1) is 4.77 Å². The summed E-state index contributed by atoms with van der Waals surface area (Å²) < 4.78 is 0.346. The highest BCUT2D eigenvalue weighted by Crippen LogP contribution is 2.15. The molecule has 0 atom stereocenters. The van der Waals surface area contributed by atoms with Gasteiger partial charge >= 0.3 is 5.97 Å². The van der Waals surface area contributed by atoms with Gasteiger partial charge in [0.25, 0.3) is 0 Å². The van der Waals surface area contributed by atoms with Crippen LogP contribution >= 0.6 is 23.6 Å². The summed E-state index contributed by atoms with van der Waals surface area (Å²) >= 11 is 6.45. The number of aromatic carboxylic acids is 1. The zero-order valence-corrected chi connectivity index (χ0v) is 9.24. The number of nitrogens with one attached hydrogen (secondary N) is 2. The Kier molecular flexibility index (Phi) is 2.70. The molecule has 0 aliphatic carbocycles. The Morgan fingerprint density at radius 2 is 2.33 bits per heavy atom. The second-order valence-electron chi connectivity index (χ2n) is 2.99. The minimum Gasteiger partial charge on any atom is -0.477 e. The second-order valence-corrected chi connectivity index (χ2v) is 4.43. The lowest BCUT2D eigenvalue weighted by Gasteiger charge is -1.96. The van der Waals surface area contributed by atoms with Crippen LogP contribution in [0.25, 0.3) is 0 Å². The van der Waals surface area contributed by atoms with Crippen LogP contribution in [0.15, 0.2) is 17.5 Å². The van der Waals surface area contributed by atoms with Gasteiger partial charge in [0.05, 0.1) is 5.69 Å². The van der Waals surface area contributed by atoms with E-state index in [9.17, 15) is 4.79 Å². The smallest absolute Gasteiger partial charge is 0.354 e. The molecule has 0 aromatic carbocycles. The number of carboxylic acids is 1. The van der Waals surface area contributed by atoms with Crippen molar-refractivity contribution in [3.63, 3.8) is 0 Å². The van der Waals surface area contributed by atoms with E-state index in [1.54, 1.807) is 11.3 Å². The molecule has 0 amide bonds. The van der Waals surface area contributed by atoms with Crippen LogP contribution in [0.4, 0.5) is 0 Å². The van der Waals surface area contributed by atoms with Crippen molar-refractivity contribution >= 4 is 29.5 Å².